The van der Waals surface area contributed by atoms with Crippen LogP contribution in [0.15, 0.2) is 10.6 Å². The van der Waals surface area contributed by atoms with Crippen molar-refractivity contribution in [3.63, 3.8) is 0 Å². The van der Waals surface area contributed by atoms with Crippen molar-refractivity contribution in [1.29, 1.82) is 0 Å². The molecule has 0 saturated carbocycles. The van der Waals surface area contributed by atoms with Crippen molar-refractivity contribution in [3.05, 3.63) is 10.6 Å². The third-order valence-electron chi connectivity index (χ3n) is 1.70. The highest BCUT2D eigenvalue weighted by molar-refractivity contribution is 8.13. The van der Waals surface area contributed by atoms with Crippen molar-refractivity contribution in [3.8, 4) is 0 Å². The standard InChI is InChI=1S/C10H17Cl2NOS/c1-3-5-13(6-4-2)10(14)15-8-9(12)7-11/h7H,3-6,8H2,1-2H3. The van der Waals surface area contributed by atoms with Crippen molar-refractivity contribution >= 4 is 40.2 Å². The number of hydrogen-bond acceptors (Lipinski definition) is 2. The highest BCUT2D eigenvalue weighted by Gasteiger charge is 2.12. The van der Waals surface area contributed by atoms with Gasteiger partial charge in [-0.2, -0.15) is 0 Å². The van der Waals surface area contributed by atoms with E-state index in [1.54, 1.807) is 0 Å². The van der Waals surface area contributed by atoms with Crippen molar-refractivity contribution in [2.75, 3.05) is 18.8 Å². The van der Waals surface area contributed by atoms with Crippen LogP contribution < -0.4 is 0 Å². The van der Waals surface area contributed by atoms with Crippen LogP contribution in [0.1, 0.15) is 26.7 Å². The minimum absolute atomic E-state index is 0.0790. The first kappa shape index (κ1) is 15.1. The van der Waals surface area contributed by atoms with Crippen LogP contribution in [-0.2, 0) is 0 Å². The lowest BCUT2D eigenvalue weighted by Gasteiger charge is -2.20. The summed E-state index contributed by atoms with van der Waals surface area (Å²) in [6.45, 7) is 5.74. The van der Waals surface area contributed by atoms with Gasteiger partial charge in [-0.3, -0.25) is 4.79 Å². The van der Waals surface area contributed by atoms with Gasteiger partial charge in [0.25, 0.3) is 5.24 Å². The zero-order valence-corrected chi connectivity index (χ0v) is 11.5. The van der Waals surface area contributed by atoms with Crippen LogP contribution in [0.5, 0.6) is 0 Å². The number of halogens is 2. The molecule has 0 saturated heterocycles. The normalized spacial score (nSPS) is 11.6. The Balaban J connectivity index is 4.01. The molecule has 88 valence electrons. The molecule has 0 unspecified atom stereocenters. The van der Waals surface area contributed by atoms with E-state index >= 15 is 0 Å². The summed E-state index contributed by atoms with van der Waals surface area (Å²) < 4.78 is 0. The van der Waals surface area contributed by atoms with Crippen LogP contribution in [0.25, 0.3) is 0 Å². The third kappa shape index (κ3) is 7.09. The van der Waals surface area contributed by atoms with E-state index in [9.17, 15) is 4.79 Å². The second-order valence-corrected chi connectivity index (χ2v) is 4.73. The molecular formula is C10H17Cl2NOS. The first-order valence-electron chi connectivity index (χ1n) is 5.02. The molecular weight excluding hydrogens is 253 g/mol. The van der Waals surface area contributed by atoms with E-state index in [1.165, 1.54) is 17.3 Å². The molecule has 0 heterocycles. The smallest absolute Gasteiger partial charge is 0.281 e. The fraction of sp³-hybridized carbons (Fsp3) is 0.700. The average molecular weight is 270 g/mol. The third-order valence-corrected chi connectivity index (χ3v) is 3.43. The van der Waals surface area contributed by atoms with Crippen LogP contribution in [0, 0.1) is 0 Å². The Kier molecular flexibility index (Phi) is 9.46. The SMILES string of the molecule is CCCN(CCC)C(=O)SCC(Cl)=CCl. The largest absolute Gasteiger partial charge is 0.334 e. The summed E-state index contributed by atoms with van der Waals surface area (Å²) in [5.74, 6) is 0.452. The predicted molar refractivity (Wildman–Crippen MR) is 69.8 cm³/mol. The highest BCUT2D eigenvalue weighted by Crippen LogP contribution is 2.16. The predicted octanol–water partition coefficient (Wildman–Crippen LogP) is 4.28. The maximum atomic E-state index is 11.7. The molecule has 0 N–H and O–H groups in total. The number of rotatable bonds is 6. The van der Waals surface area contributed by atoms with Crippen molar-refractivity contribution in [1.82, 2.24) is 4.90 Å². The summed E-state index contributed by atoms with van der Waals surface area (Å²) >= 11 is 12.3. The average Bonchev–Trinajstić information content (AvgIpc) is 2.25. The highest BCUT2D eigenvalue weighted by atomic mass is 35.5. The van der Waals surface area contributed by atoms with Crippen LogP contribution in [0.4, 0.5) is 4.79 Å². The van der Waals surface area contributed by atoms with Gasteiger partial charge in [0.1, 0.15) is 0 Å². The molecule has 0 spiro atoms. The number of carbonyl (C=O) groups is 1. The molecule has 0 aliphatic rings. The summed E-state index contributed by atoms with van der Waals surface area (Å²) in [6, 6.07) is 0. The lowest BCUT2D eigenvalue weighted by atomic mass is 10.4. The van der Waals surface area contributed by atoms with Gasteiger partial charge in [-0.25, -0.2) is 0 Å². The minimum Gasteiger partial charge on any atom is -0.334 e. The van der Waals surface area contributed by atoms with Crippen molar-refractivity contribution in [2.45, 2.75) is 26.7 Å². The van der Waals surface area contributed by atoms with E-state index < -0.39 is 0 Å². The Bertz CT molecular complexity index is 215. The zero-order valence-electron chi connectivity index (χ0n) is 9.13. The van der Waals surface area contributed by atoms with Gasteiger partial charge in [-0.05, 0) is 12.8 Å². The van der Waals surface area contributed by atoms with Crippen LogP contribution in [0.3, 0.4) is 0 Å². The molecule has 5 heteroatoms. The molecule has 1 amide bonds. The summed E-state index contributed by atoms with van der Waals surface area (Å²) in [4.78, 5) is 13.6. The molecule has 0 atom stereocenters. The maximum Gasteiger partial charge on any atom is 0.281 e. The topological polar surface area (TPSA) is 20.3 Å². The second-order valence-electron chi connectivity index (χ2n) is 3.10. The van der Waals surface area contributed by atoms with E-state index in [-0.39, 0.29) is 5.24 Å². The van der Waals surface area contributed by atoms with Crippen LogP contribution >= 0.6 is 35.0 Å². The van der Waals surface area contributed by atoms with Gasteiger partial charge in [-0.1, -0.05) is 48.8 Å². The molecule has 0 fully saturated rings. The van der Waals surface area contributed by atoms with Gasteiger partial charge in [0.2, 0.25) is 0 Å². The second kappa shape index (κ2) is 9.37. The Labute approximate surface area is 106 Å². The van der Waals surface area contributed by atoms with Gasteiger partial charge < -0.3 is 4.90 Å². The Morgan fingerprint density at radius 2 is 1.87 bits per heavy atom. The van der Waals surface area contributed by atoms with E-state index in [0.29, 0.717) is 10.8 Å². The van der Waals surface area contributed by atoms with E-state index in [2.05, 4.69) is 13.8 Å². The van der Waals surface area contributed by atoms with Gasteiger partial charge in [-0.15, -0.1) is 0 Å². The Morgan fingerprint density at radius 3 is 2.27 bits per heavy atom. The summed E-state index contributed by atoms with van der Waals surface area (Å²) in [7, 11) is 0. The molecule has 0 radical (unpaired) electrons. The number of nitrogens with zero attached hydrogens (tertiary/aromatic N) is 1. The first-order chi connectivity index (χ1) is 7.15. The molecule has 0 aromatic rings. The molecule has 2 nitrogen and oxygen atoms in total. The van der Waals surface area contributed by atoms with Gasteiger partial charge in [0, 0.05) is 29.4 Å². The molecule has 0 aliphatic heterocycles. The van der Waals surface area contributed by atoms with Crippen molar-refractivity contribution in [2.24, 2.45) is 0 Å². The van der Waals surface area contributed by atoms with Gasteiger partial charge in [0.15, 0.2) is 0 Å². The minimum atomic E-state index is 0.0790. The fourth-order valence-electron chi connectivity index (χ4n) is 1.09. The molecule has 0 bridgehead atoms. The summed E-state index contributed by atoms with van der Waals surface area (Å²) in [6.07, 6.45) is 1.96. The van der Waals surface area contributed by atoms with Crippen LogP contribution in [0.2, 0.25) is 0 Å². The maximum absolute atomic E-state index is 11.7. The summed E-state index contributed by atoms with van der Waals surface area (Å²) in [5.41, 5.74) is 1.30. The number of hydrogen-bond donors (Lipinski definition) is 0. The molecule has 15 heavy (non-hydrogen) atoms. The lowest BCUT2D eigenvalue weighted by Crippen LogP contribution is -2.29. The Hall–Kier alpha value is 0.140. The number of thioether (sulfide) groups is 1. The summed E-state index contributed by atoms with van der Waals surface area (Å²) in [5, 5.41) is 0.582. The lowest BCUT2D eigenvalue weighted by molar-refractivity contribution is 0.223. The molecule has 0 aliphatic carbocycles. The number of amides is 1. The van der Waals surface area contributed by atoms with E-state index in [4.69, 9.17) is 23.2 Å². The molecule has 0 aromatic carbocycles. The van der Waals surface area contributed by atoms with Gasteiger partial charge in [0.05, 0.1) is 0 Å². The van der Waals surface area contributed by atoms with Gasteiger partial charge >= 0.3 is 0 Å². The first-order valence-corrected chi connectivity index (χ1v) is 6.82. The molecule has 0 aromatic heterocycles. The van der Waals surface area contributed by atoms with Crippen molar-refractivity contribution < 1.29 is 4.79 Å². The monoisotopic (exact) mass is 269 g/mol. The molecule has 0 rings (SSSR count). The van der Waals surface area contributed by atoms with Crippen LogP contribution in [-0.4, -0.2) is 29.0 Å². The van der Waals surface area contributed by atoms with E-state index in [0.717, 1.165) is 25.9 Å². The Morgan fingerprint density at radius 1 is 1.33 bits per heavy atom. The fourth-order valence-corrected chi connectivity index (χ4v) is 2.13. The number of carbonyl (C=O) groups excluding carboxylic acids is 1. The van der Waals surface area contributed by atoms with E-state index in [1.807, 2.05) is 4.90 Å². The quantitative estimate of drug-likeness (QED) is 0.718. The zero-order chi connectivity index (χ0) is 11.7.